The molecule has 1 unspecified atom stereocenters. The topological polar surface area (TPSA) is 90.4 Å². The van der Waals surface area contributed by atoms with E-state index in [1.807, 2.05) is 42.4 Å². The van der Waals surface area contributed by atoms with Crippen LogP contribution in [-0.2, 0) is 19.8 Å². The molecule has 5 rings (SSSR count). The number of aryl methyl sites for hydroxylation is 1. The maximum absolute atomic E-state index is 14.0. The highest BCUT2D eigenvalue weighted by atomic mass is 19.4. The van der Waals surface area contributed by atoms with E-state index in [2.05, 4.69) is 44.8 Å². The van der Waals surface area contributed by atoms with Crippen LogP contribution in [0.4, 0.5) is 35.3 Å². The van der Waals surface area contributed by atoms with Crippen LogP contribution in [0.1, 0.15) is 44.2 Å². The lowest BCUT2D eigenvalue weighted by atomic mass is 10.0. The number of halogens is 3. The third-order valence-corrected chi connectivity index (χ3v) is 8.28. The number of hydrogen-bond acceptors (Lipinski definition) is 6. The van der Waals surface area contributed by atoms with Gasteiger partial charge in [0.1, 0.15) is 5.82 Å². The van der Waals surface area contributed by atoms with E-state index in [4.69, 9.17) is 0 Å². The summed E-state index contributed by atoms with van der Waals surface area (Å²) in [7, 11) is 3.77. The average Bonchev–Trinajstić information content (AvgIpc) is 3.37. The molecule has 2 aromatic carbocycles. The molecule has 1 fully saturated rings. The van der Waals surface area contributed by atoms with Gasteiger partial charge in [0.25, 0.3) is 0 Å². The Morgan fingerprint density at radius 3 is 2.42 bits per heavy atom. The summed E-state index contributed by atoms with van der Waals surface area (Å²) in [5.41, 5.74) is 1.13. The Kier molecular flexibility index (Phi) is 9.93. The number of amides is 2. The van der Waals surface area contributed by atoms with E-state index >= 15 is 0 Å². The maximum Gasteiger partial charge on any atom is 0.416 e. The molecule has 3 N–H and O–H groups in total. The first-order valence-electron chi connectivity index (χ1n) is 15.4. The normalized spacial score (nSPS) is 15.3. The second kappa shape index (κ2) is 13.9. The molecule has 3 heterocycles. The van der Waals surface area contributed by atoms with E-state index in [0.717, 1.165) is 66.3 Å². The van der Waals surface area contributed by atoms with Crippen LogP contribution in [0.3, 0.4) is 0 Å². The Labute approximate surface area is 261 Å². The summed E-state index contributed by atoms with van der Waals surface area (Å²) in [5.74, 6) is 1.12. The van der Waals surface area contributed by atoms with Crippen LogP contribution < -0.4 is 16.0 Å². The van der Waals surface area contributed by atoms with Crippen molar-refractivity contribution in [2.45, 2.75) is 51.9 Å². The lowest BCUT2D eigenvalue weighted by Crippen LogP contribution is -2.44. The molecule has 9 nitrogen and oxygen atoms in total. The Bertz CT molecular complexity index is 1630. The lowest BCUT2D eigenvalue weighted by Gasteiger charge is -2.33. The third-order valence-electron chi connectivity index (χ3n) is 8.28. The van der Waals surface area contributed by atoms with Crippen molar-refractivity contribution in [3.05, 3.63) is 65.9 Å². The van der Waals surface area contributed by atoms with Crippen molar-refractivity contribution in [2.75, 3.05) is 49.2 Å². The molecule has 12 heteroatoms. The zero-order valence-corrected chi connectivity index (χ0v) is 26.2. The number of hydrogen-bond donors (Lipinski definition) is 3. The first-order valence-corrected chi connectivity index (χ1v) is 15.4. The van der Waals surface area contributed by atoms with Crippen molar-refractivity contribution in [2.24, 2.45) is 7.05 Å². The van der Waals surface area contributed by atoms with Gasteiger partial charge in [-0.25, -0.2) is 9.78 Å². The van der Waals surface area contributed by atoms with E-state index < -0.39 is 17.8 Å². The lowest BCUT2D eigenvalue weighted by molar-refractivity contribution is -0.138. The number of pyridine rings is 1. The molecule has 1 atom stereocenters. The number of piperazine rings is 1. The van der Waals surface area contributed by atoms with Crippen molar-refractivity contribution < 1.29 is 18.0 Å². The molecule has 1 aliphatic rings. The maximum atomic E-state index is 14.0. The monoisotopic (exact) mass is 622 g/mol. The summed E-state index contributed by atoms with van der Waals surface area (Å²) in [6.45, 7) is 7.57. The highest BCUT2D eigenvalue weighted by Crippen LogP contribution is 2.35. The smallest absolute Gasteiger partial charge is 0.367 e. The third kappa shape index (κ3) is 8.12. The van der Waals surface area contributed by atoms with E-state index in [9.17, 15) is 18.0 Å². The van der Waals surface area contributed by atoms with Crippen molar-refractivity contribution in [3.63, 3.8) is 0 Å². The highest BCUT2D eigenvalue weighted by Gasteiger charge is 2.34. The van der Waals surface area contributed by atoms with E-state index in [1.54, 1.807) is 17.8 Å². The number of anilines is 3. The molecule has 1 aliphatic heterocycles. The van der Waals surface area contributed by atoms with Gasteiger partial charge >= 0.3 is 12.2 Å². The molecular weight excluding hydrogens is 581 g/mol. The Morgan fingerprint density at radius 1 is 0.933 bits per heavy atom. The minimum atomic E-state index is -4.55. The zero-order valence-electron chi connectivity index (χ0n) is 26.2. The van der Waals surface area contributed by atoms with Crippen molar-refractivity contribution in [3.8, 4) is 11.3 Å². The number of nitrogens with zero attached hydrogens (tertiary/aromatic N) is 5. The number of urea groups is 1. The second-order valence-electron chi connectivity index (χ2n) is 11.7. The molecule has 2 amide bonds. The Hall–Kier alpha value is -4.16. The number of aromatic nitrogens is 3. The number of likely N-dealkylation sites (N-methyl/N-ethyl adjacent to an activating group) is 1. The van der Waals surface area contributed by atoms with E-state index in [-0.39, 0.29) is 23.6 Å². The number of carbonyl (C=O) groups is 1. The van der Waals surface area contributed by atoms with E-state index in [0.29, 0.717) is 19.1 Å². The summed E-state index contributed by atoms with van der Waals surface area (Å²) >= 11 is 0. The van der Waals surface area contributed by atoms with Crippen LogP contribution in [0.25, 0.3) is 22.0 Å². The van der Waals surface area contributed by atoms with Gasteiger partial charge < -0.3 is 15.5 Å². The van der Waals surface area contributed by atoms with Crippen LogP contribution >= 0.6 is 0 Å². The second-order valence-corrected chi connectivity index (χ2v) is 11.7. The Morgan fingerprint density at radius 2 is 1.71 bits per heavy atom. The molecule has 45 heavy (non-hydrogen) atoms. The van der Waals surface area contributed by atoms with Gasteiger partial charge in [0.2, 0.25) is 0 Å². The molecule has 0 spiro atoms. The van der Waals surface area contributed by atoms with Gasteiger partial charge in [-0.05, 0) is 55.1 Å². The van der Waals surface area contributed by atoms with Gasteiger partial charge in [0, 0.05) is 74.7 Å². The highest BCUT2D eigenvalue weighted by molar-refractivity contribution is 5.99. The van der Waals surface area contributed by atoms with Crippen molar-refractivity contribution >= 4 is 34.1 Å². The van der Waals surface area contributed by atoms with Crippen LogP contribution in [0, 0.1) is 0 Å². The minimum Gasteiger partial charge on any atom is -0.367 e. The SMILES string of the molecule is CCCC(CC)Nc1cc2ccc(-c3cc(NC(=O)Nc4ccc(CN5CCN(C)CC5)c(C(F)(F)F)c4)nn3C)cc2cn1. The molecule has 1 saturated heterocycles. The molecule has 0 aliphatic carbocycles. The number of fused-ring (bicyclic) bond motifs is 1. The minimum absolute atomic E-state index is 0.0500. The molecular formula is C33H41F3N8O. The molecule has 4 aromatic rings. The molecule has 2 aromatic heterocycles. The van der Waals surface area contributed by atoms with Gasteiger partial charge in [0.05, 0.1) is 11.3 Å². The molecule has 240 valence electrons. The quantitative estimate of drug-likeness (QED) is 0.176. The van der Waals surface area contributed by atoms with Gasteiger partial charge in [-0.2, -0.15) is 18.3 Å². The molecule has 0 bridgehead atoms. The van der Waals surface area contributed by atoms with Gasteiger partial charge in [0.15, 0.2) is 5.82 Å². The van der Waals surface area contributed by atoms with Gasteiger partial charge in [-0.1, -0.05) is 38.5 Å². The average molecular weight is 623 g/mol. The predicted octanol–water partition coefficient (Wildman–Crippen LogP) is 7.04. The van der Waals surface area contributed by atoms with Crippen LogP contribution in [0.5, 0.6) is 0 Å². The summed E-state index contributed by atoms with van der Waals surface area (Å²) in [6.07, 6.45) is 0.511. The summed E-state index contributed by atoms with van der Waals surface area (Å²) in [4.78, 5) is 21.6. The largest absolute Gasteiger partial charge is 0.416 e. The number of benzene rings is 2. The van der Waals surface area contributed by atoms with Crippen LogP contribution in [0.2, 0.25) is 0 Å². The number of carbonyl (C=O) groups excluding carboxylic acids is 1. The Balaban J connectivity index is 1.26. The fourth-order valence-corrected chi connectivity index (χ4v) is 5.70. The molecule has 0 radical (unpaired) electrons. The zero-order chi connectivity index (χ0) is 32.1. The summed E-state index contributed by atoms with van der Waals surface area (Å²) < 4.78 is 43.6. The summed E-state index contributed by atoms with van der Waals surface area (Å²) in [5, 5.41) is 15.1. The number of rotatable bonds is 10. The fourth-order valence-electron chi connectivity index (χ4n) is 5.70. The first kappa shape index (κ1) is 32.2. The molecule has 0 saturated carbocycles. The van der Waals surface area contributed by atoms with Crippen LogP contribution in [0.15, 0.2) is 54.7 Å². The number of nitrogens with one attached hydrogen (secondary N) is 3. The number of alkyl halides is 3. The van der Waals surface area contributed by atoms with Gasteiger partial charge in [-0.15, -0.1) is 0 Å². The summed E-state index contributed by atoms with van der Waals surface area (Å²) in [6, 6.07) is 13.4. The standard InChI is InChI=1S/C33H41F3N8O/c1-5-7-26(6-2)38-30-17-22-8-9-23(16-25(22)20-37-30)29-19-31(41-43(29)4)40-32(45)39-27-11-10-24(28(18-27)33(34,35)36)21-44-14-12-42(3)13-15-44/h8-11,16-20,26H,5-7,12-15,21H2,1-4H3,(H,37,38)(H2,39,40,41,45). The van der Waals surface area contributed by atoms with Crippen LogP contribution in [-0.4, -0.2) is 69.9 Å². The van der Waals surface area contributed by atoms with E-state index in [1.165, 1.54) is 12.1 Å². The van der Waals surface area contributed by atoms with Gasteiger partial charge in [-0.3, -0.25) is 14.9 Å². The van der Waals surface area contributed by atoms with Crippen molar-refractivity contribution in [1.82, 2.24) is 24.6 Å². The fraction of sp³-hybridized carbons (Fsp3) is 0.424. The predicted molar refractivity (Wildman–Crippen MR) is 173 cm³/mol. The van der Waals surface area contributed by atoms with Crippen molar-refractivity contribution in [1.29, 1.82) is 0 Å². The first-order chi connectivity index (χ1) is 21.5.